The van der Waals surface area contributed by atoms with E-state index >= 15 is 0 Å². The highest BCUT2D eigenvalue weighted by atomic mass is 16.5. The summed E-state index contributed by atoms with van der Waals surface area (Å²) < 4.78 is 12.5. The average molecular weight is 495 g/mol. The van der Waals surface area contributed by atoms with Crippen LogP contribution in [0.5, 0.6) is 11.5 Å². The number of rotatable bonds is 11. The third-order valence-electron chi connectivity index (χ3n) is 6.78. The fraction of sp³-hybridized carbons (Fsp3) is 0.464. The maximum atomic E-state index is 13.6. The number of carbonyl (C=O) groups excluding carboxylic acids is 2. The van der Waals surface area contributed by atoms with Crippen molar-refractivity contribution in [3.8, 4) is 11.5 Å². The molecule has 0 bridgehead atoms. The van der Waals surface area contributed by atoms with Crippen LogP contribution < -0.4 is 14.8 Å². The zero-order valence-corrected chi connectivity index (χ0v) is 22.4. The smallest absolute Gasteiger partial charge is 0.251 e. The van der Waals surface area contributed by atoms with Crippen molar-refractivity contribution in [3.63, 3.8) is 0 Å². The van der Waals surface area contributed by atoms with Gasteiger partial charge in [0.2, 0.25) is 5.91 Å². The molecule has 0 radical (unpaired) electrons. The minimum atomic E-state index is -0.438. The number of aromatic nitrogens is 2. The van der Waals surface area contributed by atoms with Crippen molar-refractivity contribution in [2.24, 2.45) is 0 Å². The summed E-state index contributed by atoms with van der Waals surface area (Å²) in [6.45, 7) is 10.4. The Morgan fingerprint density at radius 1 is 0.972 bits per heavy atom. The SMILES string of the molecule is CCC(C)N(C(=O)Cn1c(C(C)NC(=O)c2ccc(OC)c(OC)c2)nc2ccccc21)C(C)CC. The summed E-state index contributed by atoms with van der Waals surface area (Å²) in [5, 5.41) is 3.03. The molecule has 1 N–H and O–H groups in total. The quantitative estimate of drug-likeness (QED) is 0.407. The Balaban J connectivity index is 1.92. The second-order valence-corrected chi connectivity index (χ2v) is 9.13. The van der Waals surface area contributed by atoms with Gasteiger partial charge in [0, 0.05) is 17.6 Å². The molecule has 0 spiro atoms. The van der Waals surface area contributed by atoms with Gasteiger partial charge in [-0.05, 0) is 63.9 Å². The number of para-hydroxylation sites is 2. The summed E-state index contributed by atoms with van der Waals surface area (Å²) in [4.78, 5) is 33.4. The molecule has 8 nitrogen and oxygen atoms in total. The van der Waals surface area contributed by atoms with E-state index in [2.05, 4.69) is 33.0 Å². The number of benzene rings is 2. The van der Waals surface area contributed by atoms with Crippen molar-refractivity contribution in [1.29, 1.82) is 0 Å². The highest BCUT2D eigenvalue weighted by molar-refractivity contribution is 5.95. The predicted molar refractivity (Wildman–Crippen MR) is 142 cm³/mol. The van der Waals surface area contributed by atoms with E-state index in [9.17, 15) is 9.59 Å². The van der Waals surface area contributed by atoms with E-state index < -0.39 is 6.04 Å². The van der Waals surface area contributed by atoms with Crippen LogP contribution in [0.15, 0.2) is 42.5 Å². The Morgan fingerprint density at radius 3 is 2.22 bits per heavy atom. The van der Waals surface area contributed by atoms with E-state index in [-0.39, 0.29) is 30.4 Å². The first-order chi connectivity index (χ1) is 17.2. The molecule has 3 unspecified atom stereocenters. The Labute approximate surface area is 213 Å². The van der Waals surface area contributed by atoms with Gasteiger partial charge in [0.15, 0.2) is 11.5 Å². The van der Waals surface area contributed by atoms with Crippen molar-refractivity contribution in [3.05, 3.63) is 53.9 Å². The molecule has 36 heavy (non-hydrogen) atoms. The first-order valence-electron chi connectivity index (χ1n) is 12.5. The lowest BCUT2D eigenvalue weighted by Gasteiger charge is -2.34. The van der Waals surface area contributed by atoms with E-state index in [1.165, 1.54) is 7.11 Å². The van der Waals surface area contributed by atoms with Gasteiger partial charge < -0.3 is 24.3 Å². The zero-order chi connectivity index (χ0) is 26.4. The molecule has 3 atom stereocenters. The molecular weight excluding hydrogens is 456 g/mol. The van der Waals surface area contributed by atoms with E-state index in [0.717, 1.165) is 23.9 Å². The molecule has 194 valence electrons. The minimum absolute atomic E-state index is 0.0431. The molecule has 0 fully saturated rings. The molecule has 0 aliphatic carbocycles. The van der Waals surface area contributed by atoms with Gasteiger partial charge in [-0.2, -0.15) is 0 Å². The number of methoxy groups -OCH3 is 2. The summed E-state index contributed by atoms with van der Waals surface area (Å²) >= 11 is 0. The van der Waals surface area contributed by atoms with Crippen molar-refractivity contribution in [1.82, 2.24) is 19.8 Å². The lowest BCUT2D eigenvalue weighted by Crippen LogP contribution is -2.46. The van der Waals surface area contributed by atoms with Crippen molar-refractivity contribution >= 4 is 22.8 Å². The van der Waals surface area contributed by atoms with Crippen LogP contribution in [0.2, 0.25) is 0 Å². The summed E-state index contributed by atoms with van der Waals surface area (Å²) in [5.74, 6) is 1.43. The Kier molecular flexibility index (Phi) is 8.96. The fourth-order valence-electron chi connectivity index (χ4n) is 4.45. The third kappa shape index (κ3) is 5.64. The molecule has 2 amide bonds. The second kappa shape index (κ2) is 11.9. The highest BCUT2D eigenvalue weighted by Crippen LogP contribution is 2.28. The lowest BCUT2D eigenvalue weighted by molar-refractivity contribution is -0.136. The molecule has 3 aromatic rings. The molecule has 3 rings (SSSR count). The van der Waals surface area contributed by atoms with E-state index in [1.807, 2.05) is 40.7 Å². The monoisotopic (exact) mass is 494 g/mol. The van der Waals surface area contributed by atoms with Crippen molar-refractivity contribution < 1.29 is 19.1 Å². The van der Waals surface area contributed by atoms with Gasteiger partial charge in [-0.1, -0.05) is 26.0 Å². The van der Waals surface area contributed by atoms with Crippen LogP contribution in [0.25, 0.3) is 11.0 Å². The number of hydrogen-bond donors (Lipinski definition) is 1. The molecule has 1 aromatic heterocycles. The number of ether oxygens (including phenoxy) is 2. The number of imidazole rings is 1. The Morgan fingerprint density at radius 2 is 1.61 bits per heavy atom. The molecular formula is C28H38N4O4. The number of nitrogens with zero attached hydrogens (tertiary/aromatic N) is 3. The summed E-state index contributed by atoms with van der Waals surface area (Å²) in [5.41, 5.74) is 2.09. The Hall–Kier alpha value is -3.55. The number of carbonyl (C=O) groups is 2. The molecule has 0 saturated carbocycles. The molecule has 0 saturated heterocycles. The highest BCUT2D eigenvalue weighted by Gasteiger charge is 2.27. The number of nitrogens with one attached hydrogen (secondary N) is 1. The third-order valence-corrected chi connectivity index (χ3v) is 6.78. The maximum Gasteiger partial charge on any atom is 0.251 e. The standard InChI is InChI=1S/C28H38N4O4/c1-8-18(3)32(19(4)9-2)26(33)17-31-23-13-11-10-12-22(23)30-27(31)20(5)29-28(34)21-14-15-24(35-6)25(16-21)36-7/h10-16,18-20H,8-9,17H2,1-7H3,(H,29,34). The average Bonchev–Trinajstić information content (AvgIpc) is 3.26. The summed E-state index contributed by atoms with van der Waals surface area (Å²) in [6.07, 6.45) is 1.76. The Bertz CT molecular complexity index is 1200. The second-order valence-electron chi connectivity index (χ2n) is 9.13. The van der Waals surface area contributed by atoms with Crippen LogP contribution in [0, 0.1) is 0 Å². The zero-order valence-electron chi connectivity index (χ0n) is 22.4. The van der Waals surface area contributed by atoms with Crippen molar-refractivity contribution in [2.45, 2.75) is 72.1 Å². The van der Waals surface area contributed by atoms with E-state index in [1.54, 1.807) is 25.3 Å². The van der Waals surface area contributed by atoms with Crippen LogP contribution in [-0.2, 0) is 11.3 Å². The van der Waals surface area contributed by atoms with Crippen LogP contribution in [0.1, 0.15) is 69.7 Å². The first kappa shape index (κ1) is 27.0. The lowest BCUT2D eigenvalue weighted by atomic mass is 10.1. The minimum Gasteiger partial charge on any atom is -0.493 e. The van der Waals surface area contributed by atoms with Crippen LogP contribution in [-0.4, -0.2) is 52.6 Å². The van der Waals surface area contributed by atoms with Crippen LogP contribution in [0.4, 0.5) is 0 Å². The molecule has 0 aliphatic heterocycles. The summed E-state index contributed by atoms with van der Waals surface area (Å²) in [6, 6.07) is 12.6. The van der Waals surface area contributed by atoms with Gasteiger partial charge in [0.1, 0.15) is 12.4 Å². The van der Waals surface area contributed by atoms with Gasteiger partial charge >= 0.3 is 0 Å². The summed E-state index contributed by atoms with van der Waals surface area (Å²) in [7, 11) is 3.08. The van der Waals surface area contributed by atoms with Gasteiger partial charge in [0.25, 0.3) is 5.91 Å². The molecule has 0 aliphatic rings. The molecule has 8 heteroatoms. The van der Waals surface area contributed by atoms with Crippen molar-refractivity contribution in [2.75, 3.05) is 14.2 Å². The van der Waals surface area contributed by atoms with E-state index in [0.29, 0.717) is 22.9 Å². The number of fused-ring (bicyclic) bond motifs is 1. The van der Waals surface area contributed by atoms with Gasteiger partial charge in [0.05, 0.1) is 31.3 Å². The number of amides is 2. The van der Waals surface area contributed by atoms with Crippen LogP contribution >= 0.6 is 0 Å². The fourth-order valence-corrected chi connectivity index (χ4v) is 4.45. The van der Waals surface area contributed by atoms with Crippen LogP contribution in [0.3, 0.4) is 0 Å². The van der Waals surface area contributed by atoms with Gasteiger partial charge in [-0.3, -0.25) is 9.59 Å². The molecule has 1 heterocycles. The normalized spacial score (nSPS) is 13.6. The van der Waals surface area contributed by atoms with Gasteiger partial charge in [-0.15, -0.1) is 0 Å². The van der Waals surface area contributed by atoms with E-state index in [4.69, 9.17) is 14.5 Å². The maximum absolute atomic E-state index is 13.6. The first-order valence-corrected chi connectivity index (χ1v) is 12.5. The number of hydrogen-bond acceptors (Lipinski definition) is 5. The topological polar surface area (TPSA) is 85.7 Å². The van der Waals surface area contributed by atoms with Gasteiger partial charge in [-0.25, -0.2) is 4.98 Å². The molecule has 2 aromatic carbocycles. The largest absolute Gasteiger partial charge is 0.493 e. The predicted octanol–water partition coefficient (Wildman–Crippen LogP) is 4.97.